The zero-order valence-electron chi connectivity index (χ0n) is 11.2. The van der Waals surface area contributed by atoms with Crippen LogP contribution in [0, 0.1) is 11.3 Å². The number of rotatable bonds is 4. The van der Waals surface area contributed by atoms with Crippen LogP contribution in [0.4, 0.5) is 0 Å². The van der Waals surface area contributed by atoms with E-state index < -0.39 is 6.10 Å². The Morgan fingerprint density at radius 3 is 2.55 bits per heavy atom. The van der Waals surface area contributed by atoms with Crippen molar-refractivity contribution in [2.75, 3.05) is 7.11 Å². The maximum atomic E-state index is 9.41. The molecule has 0 saturated heterocycles. The average molecular weight is 270 g/mol. The molecule has 0 spiro atoms. The third-order valence-electron chi connectivity index (χ3n) is 2.71. The molecular weight excluding hydrogens is 256 g/mol. The third-order valence-corrected chi connectivity index (χ3v) is 2.71. The molecule has 0 aliphatic carbocycles. The number of aliphatic hydroxyl groups excluding tert-OH is 1. The van der Waals surface area contributed by atoms with Crippen LogP contribution in [0.5, 0.6) is 17.4 Å². The van der Waals surface area contributed by atoms with E-state index in [1.54, 1.807) is 43.5 Å². The lowest BCUT2D eigenvalue weighted by Gasteiger charge is -2.08. The van der Waals surface area contributed by atoms with Gasteiger partial charge < -0.3 is 14.6 Å². The third kappa shape index (κ3) is 3.25. The molecule has 0 aliphatic heterocycles. The van der Waals surface area contributed by atoms with Gasteiger partial charge in [-0.3, -0.25) is 0 Å². The van der Waals surface area contributed by atoms with Crippen molar-refractivity contribution in [3.63, 3.8) is 0 Å². The maximum absolute atomic E-state index is 9.41. The fourth-order valence-corrected chi connectivity index (χ4v) is 1.63. The van der Waals surface area contributed by atoms with Gasteiger partial charge in [-0.15, -0.1) is 0 Å². The van der Waals surface area contributed by atoms with Crippen molar-refractivity contribution in [1.82, 2.24) is 4.98 Å². The zero-order chi connectivity index (χ0) is 14.5. The maximum Gasteiger partial charge on any atom is 0.219 e. The fourth-order valence-electron chi connectivity index (χ4n) is 1.63. The normalized spacial score (nSPS) is 11.5. The Kier molecular flexibility index (Phi) is 4.18. The Balaban J connectivity index is 2.23. The van der Waals surface area contributed by atoms with Gasteiger partial charge in [0.15, 0.2) is 0 Å². The highest BCUT2D eigenvalue weighted by Crippen LogP contribution is 2.26. The van der Waals surface area contributed by atoms with E-state index in [0.717, 1.165) is 0 Å². The number of benzene rings is 1. The number of hydrogen-bond acceptors (Lipinski definition) is 5. The van der Waals surface area contributed by atoms with Crippen molar-refractivity contribution >= 4 is 0 Å². The molecule has 0 bridgehead atoms. The molecule has 1 unspecified atom stereocenters. The first-order chi connectivity index (χ1) is 9.62. The van der Waals surface area contributed by atoms with E-state index in [4.69, 9.17) is 14.7 Å². The first-order valence-electron chi connectivity index (χ1n) is 6.03. The minimum atomic E-state index is -0.571. The first kappa shape index (κ1) is 13.8. The summed E-state index contributed by atoms with van der Waals surface area (Å²) in [7, 11) is 1.52. The van der Waals surface area contributed by atoms with Gasteiger partial charge in [-0.05, 0) is 30.7 Å². The van der Waals surface area contributed by atoms with E-state index in [2.05, 4.69) is 4.98 Å². The predicted octanol–water partition coefficient (Wildman–Crippen LogP) is 2.81. The molecule has 1 atom stereocenters. The second kappa shape index (κ2) is 6.04. The number of hydrogen-bond donors (Lipinski definition) is 1. The lowest BCUT2D eigenvalue weighted by molar-refractivity contribution is 0.198. The Morgan fingerprint density at radius 2 is 2.00 bits per heavy atom. The minimum Gasteiger partial charge on any atom is -0.497 e. The Bertz CT molecular complexity index is 631. The molecular formula is C15H14N2O3. The number of aromatic nitrogens is 1. The number of aliphatic hydroxyl groups is 1. The molecule has 0 amide bonds. The SMILES string of the molecule is COc1cc(C#N)cc(Oc2ccc(C(C)O)cn2)c1. The summed E-state index contributed by atoms with van der Waals surface area (Å²) in [4.78, 5) is 4.10. The Labute approximate surface area is 117 Å². The molecule has 0 saturated carbocycles. The summed E-state index contributed by atoms with van der Waals surface area (Å²) in [6.45, 7) is 1.67. The van der Waals surface area contributed by atoms with Crippen molar-refractivity contribution < 1.29 is 14.6 Å². The summed E-state index contributed by atoms with van der Waals surface area (Å²) in [6, 6.07) is 10.3. The highest BCUT2D eigenvalue weighted by atomic mass is 16.5. The van der Waals surface area contributed by atoms with Gasteiger partial charge in [0.05, 0.1) is 24.8 Å². The molecule has 5 heteroatoms. The highest BCUT2D eigenvalue weighted by Gasteiger charge is 2.06. The molecule has 2 rings (SSSR count). The predicted molar refractivity (Wildman–Crippen MR) is 72.7 cm³/mol. The van der Waals surface area contributed by atoms with Crippen LogP contribution in [0.15, 0.2) is 36.5 Å². The average Bonchev–Trinajstić information content (AvgIpc) is 2.47. The number of pyridine rings is 1. The number of nitriles is 1. The van der Waals surface area contributed by atoms with Crippen LogP contribution >= 0.6 is 0 Å². The fraction of sp³-hybridized carbons (Fsp3) is 0.200. The number of methoxy groups -OCH3 is 1. The summed E-state index contributed by atoms with van der Waals surface area (Å²) in [5.74, 6) is 1.39. The smallest absolute Gasteiger partial charge is 0.219 e. The van der Waals surface area contributed by atoms with Gasteiger partial charge in [-0.25, -0.2) is 4.98 Å². The van der Waals surface area contributed by atoms with Crippen molar-refractivity contribution in [3.8, 4) is 23.4 Å². The Morgan fingerprint density at radius 1 is 1.25 bits per heavy atom. The van der Waals surface area contributed by atoms with E-state index in [1.807, 2.05) is 6.07 Å². The van der Waals surface area contributed by atoms with E-state index in [-0.39, 0.29) is 0 Å². The molecule has 1 aromatic carbocycles. The number of nitrogens with zero attached hydrogens (tertiary/aromatic N) is 2. The van der Waals surface area contributed by atoms with Crippen LogP contribution in [0.2, 0.25) is 0 Å². The monoisotopic (exact) mass is 270 g/mol. The number of ether oxygens (including phenoxy) is 2. The second-order valence-corrected chi connectivity index (χ2v) is 4.22. The van der Waals surface area contributed by atoms with Crippen LogP contribution in [0.3, 0.4) is 0 Å². The van der Waals surface area contributed by atoms with Gasteiger partial charge in [0.1, 0.15) is 11.5 Å². The second-order valence-electron chi connectivity index (χ2n) is 4.22. The van der Waals surface area contributed by atoms with Crippen molar-refractivity contribution in [3.05, 3.63) is 47.7 Å². The largest absolute Gasteiger partial charge is 0.497 e. The molecule has 5 nitrogen and oxygen atoms in total. The lowest BCUT2D eigenvalue weighted by Crippen LogP contribution is -1.94. The summed E-state index contributed by atoms with van der Waals surface area (Å²) in [6.07, 6.45) is 0.976. The van der Waals surface area contributed by atoms with Crippen LogP contribution in [-0.4, -0.2) is 17.2 Å². The molecule has 1 aromatic heterocycles. The van der Waals surface area contributed by atoms with Gasteiger partial charge >= 0.3 is 0 Å². The van der Waals surface area contributed by atoms with Crippen LogP contribution < -0.4 is 9.47 Å². The lowest BCUT2D eigenvalue weighted by atomic mass is 10.2. The molecule has 1 heterocycles. The standard InChI is InChI=1S/C15H14N2O3/c1-10(18)12-3-4-15(17-9-12)20-14-6-11(8-16)5-13(7-14)19-2/h3-7,9-10,18H,1-2H3. The van der Waals surface area contributed by atoms with E-state index in [0.29, 0.717) is 28.5 Å². The van der Waals surface area contributed by atoms with Gasteiger partial charge in [-0.2, -0.15) is 5.26 Å². The van der Waals surface area contributed by atoms with Gasteiger partial charge in [-0.1, -0.05) is 0 Å². The van der Waals surface area contributed by atoms with Gasteiger partial charge in [0.25, 0.3) is 0 Å². The summed E-state index contributed by atoms with van der Waals surface area (Å²) in [5, 5.41) is 18.3. The van der Waals surface area contributed by atoms with E-state index in [1.165, 1.54) is 7.11 Å². The first-order valence-corrected chi connectivity index (χ1v) is 6.03. The molecule has 20 heavy (non-hydrogen) atoms. The van der Waals surface area contributed by atoms with Gasteiger partial charge in [0.2, 0.25) is 5.88 Å². The Hall–Kier alpha value is -2.58. The summed E-state index contributed by atoms with van der Waals surface area (Å²) >= 11 is 0. The molecule has 1 N–H and O–H groups in total. The van der Waals surface area contributed by atoms with E-state index in [9.17, 15) is 5.11 Å². The quantitative estimate of drug-likeness (QED) is 0.924. The van der Waals surface area contributed by atoms with Gasteiger partial charge in [0, 0.05) is 18.3 Å². The van der Waals surface area contributed by atoms with Crippen LogP contribution in [-0.2, 0) is 0 Å². The molecule has 2 aromatic rings. The summed E-state index contributed by atoms with van der Waals surface area (Å²) < 4.78 is 10.7. The topological polar surface area (TPSA) is 75.4 Å². The zero-order valence-corrected chi connectivity index (χ0v) is 11.2. The van der Waals surface area contributed by atoms with E-state index >= 15 is 0 Å². The molecule has 0 fully saturated rings. The summed E-state index contributed by atoms with van der Waals surface area (Å²) in [5.41, 5.74) is 1.15. The van der Waals surface area contributed by atoms with Crippen molar-refractivity contribution in [2.24, 2.45) is 0 Å². The molecule has 0 radical (unpaired) electrons. The van der Waals surface area contributed by atoms with Crippen molar-refractivity contribution in [1.29, 1.82) is 5.26 Å². The highest BCUT2D eigenvalue weighted by molar-refractivity contribution is 5.45. The van der Waals surface area contributed by atoms with Crippen molar-refractivity contribution in [2.45, 2.75) is 13.0 Å². The minimum absolute atomic E-state index is 0.381. The molecule has 102 valence electrons. The molecule has 0 aliphatic rings. The van der Waals surface area contributed by atoms with Crippen LogP contribution in [0.1, 0.15) is 24.2 Å². The van der Waals surface area contributed by atoms with Crippen LogP contribution in [0.25, 0.3) is 0 Å².